The fraction of sp³-hybridized carbons (Fsp3) is 0.200. The molecule has 1 amide bonds. The number of hydrogen-bond acceptors (Lipinski definition) is 5. The molecule has 3 heterocycles. The van der Waals surface area contributed by atoms with E-state index in [9.17, 15) is 14.7 Å². The third-order valence-electron chi connectivity index (χ3n) is 6.94. The van der Waals surface area contributed by atoms with Crippen molar-refractivity contribution in [3.8, 4) is 5.69 Å². The van der Waals surface area contributed by atoms with Crippen molar-refractivity contribution in [1.82, 2.24) is 14.9 Å². The number of thiocarbonyl (C=S) groups is 1. The third kappa shape index (κ3) is 5.18. The molecule has 3 N–H and O–H groups in total. The van der Waals surface area contributed by atoms with Crippen LogP contribution in [0.5, 0.6) is 0 Å². The highest BCUT2D eigenvalue weighted by Gasteiger charge is 2.42. The maximum atomic E-state index is 12.0. The zero-order valence-electron chi connectivity index (χ0n) is 22.3. The summed E-state index contributed by atoms with van der Waals surface area (Å²) < 4.78 is 6.96. The van der Waals surface area contributed by atoms with Gasteiger partial charge in [0.2, 0.25) is 5.91 Å². The van der Waals surface area contributed by atoms with E-state index < -0.39 is 5.97 Å². The van der Waals surface area contributed by atoms with Gasteiger partial charge in [-0.2, -0.15) is 0 Å². The van der Waals surface area contributed by atoms with Gasteiger partial charge in [-0.05, 0) is 92.3 Å². The monoisotopic (exact) mass is 555 g/mol. The first-order chi connectivity index (χ1) is 19.3. The van der Waals surface area contributed by atoms with E-state index in [1.165, 1.54) is 7.11 Å². The molecule has 0 spiro atoms. The SMILES string of the molecule is COCC(=O)Nc1ccc(N2C(=S)NC(c3ccccn3)C2c2cc(C)n(-c3cccc(C(=O)O)c3)c2C)cc1. The average molecular weight is 556 g/mol. The van der Waals surface area contributed by atoms with E-state index in [0.717, 1.165) is 34.0 Å². The zero-order valence-corrected chi connectivity index (χ0v) is 23.1. The fourth-order valence-corrected chi connectivity index (χ4v) is 5.59. The summed E-state index contributed by atoms with van der Waals surface area (Å²) in [6.45, 7) is 4.00. The van der Waals surface area contributed by atoms with Crippen LogP contribution in [-0.4, -0.2) is 45.4 Å². The first-order valence-corrected chi connectivity index (χ1v) is 13.1. The Morgan fingerprint density at radius 3 is 2.50 bits per heavy atom. The lowest BCUT2D eigenvalue weighted by Crippen LogP contribution is -2.29. The topological polar surface area (TPSA) is 109 Å². The van der Waals surface area contributed by atoms with Crippen molar-refractivity contribution in [2.24, 2.45) is 0 Å². The normalized spacial score (nSPS) is 16.6. The number of rotatable bonds is 8. The molecule has 5 rings (SSSR count). The quantitative estimate of drug-likeness (QED) is 0.262. The van der Waals surface area contributed by atoms with Crippen molar-refractivity contribution in [1.29, 1.82) is 0 Å². The minimum atomic E-state index is -0.974. The number of nitrogens with zero attached hydrogens (tertiary/aromatic N) is 3. The van der Waals surface area contributed by atoms with Crippen molar-refractivity contribution >= 4 is 40.6 Å². The Kier molecular flexibility index (Phi) is 7.63. The van der Waals surface area contributed by atoms with Crippen LogP contribution in [-0.2, 0) is 9.53 Å². The van der Waals surface area contributed by atoms with Gasteiger partial charge in [-0.3, -0.25) is 9.78 Å². The summed E-state index contributed by atoms with van der Waals surface area (Å²) in [5.41, 5.74) is 6.29. The number of carboxylic acid groups (broad SMARTS) is 1. The molecule has 204 valence electrons. The highest BCUT2D eigenvalue weighted by atomic mass is 32.1. The summed E-state index contributed by atoms with van der Waals surface area (Å²) in [6, 6.07) is 21.8. The Morgan fingerprint density at radius 2 is 1.82 bits per heavy atom. The van der Waals surface area contributed by atoms with Crippen LogP contribution in [0.3, 0.4) is 0 Å². The molecule has 1 aliphatic heterocycles. The molecule has 0 bridgehead atoms. The first kappa shape index (κ1) is 27.0. The number of nitrogens with one attached hydrogen (secondary N) is 2. The van der Waals surface area contributed by atoms with E-state index in [4.69, 9.17) is 17.0 Å². The molecule has 2 aromatic heterocycles. The van der Waals surface area contributed by atoms with Gasteiger partial charge in [0.1, 0.15) is 6.61 Å². The lowest BCUT2D eigenvalue weighted by molar-refractivity contribution is -0.119. The van der Waals surface area contributed by atoms with Crippen LogP contribution >= 0.6 is 12.2 Å². The highest BCUT2D eigenvalue weighted by Crippen LogP contribution is 2.44. The molecular formula is C30H29N5O4S. The lowest BCUT2D eigenvalue weighted by Gasteiger charge is -2.28. The van der Waals surface area contributed by atoms with Crippen LogP contribution in [0.2, 0.25) is 0 Å². The number of ether oxygens (including phenoxy) is 1. The molecule has 0 saturated carbocycles. The van der Waals surface area contributed by atoms with E-state index in [1.54, 1.807) is 24.4 Å². The van der Waals surface area contributed by atoms with E-state index in [2.05, 4.69) is 31.2 Å². The van der Waals surface area contributed by atoms with E-state index in [0.29, 0.717) is 10.8 Å². The number of aryl methyl sites for hydroxylation is 1. The van der Waals surface area contributed by atoms with Gasteiger partial charge < -0.3 is 29.9 Å². The average Bonchev–Trinajstić information content (AvgIpc) is 3.44. The second kappa shape index (κ2) is 11.3. The maximum absolute atomic E-state index is 12.0. The van der Waals surface area contributed by atoms with Crippen LogP contribution < -0.4 is 15.5 Å². The second-order valence-electron chi connectivity index (χ2n) is 9.54. The van der Waals surface area contributed by atoms with Gasteiger partial charge in [0.25, 0.3) is 0 Å². The first-order valence-electron chi connectivity index (χ1n) is 12.7. The number of aromatic carboxylic acids is 1. The number of carbonyl (C=O) groups excluding carboxylic acids is 1. The number of hydrogen-bond donors (Lipinski definition) is 3. The molecule has 10 heteroatoms. The van der Waals surface area contributed by atoms with Crippen LogP contribution in [0.1, 0.15) is 45.1 Å². The summed E-state index contributed by atoms with van der Waals surface area (Å²) in [6.07, 6.45) is 1.76. The third-order valence-corrected chi connectivity index (χ3v) is 7.26. The zero-order chi connectivity index (χ0) is 28.4. The summed E-state index contributed by atoms with van der Waals surface area (Å²) in [7, 11) is 1.47. The van der Waals surface area contributed by atoms with Crippen molar-refractivity contribution in [2.45, 2.75) is 25.9 Å². The number of pyridine rings is 1. The fourth-order valence-electron chi connectivity index (χ4n) is 5.24. The van der Waals surface area contributed by atoms with Gasteiger partial charge in [0, 0.05) is 41.8 Å². The molecule has 2 atom stereocenters. The summed E-state index contributed by atoms with van der Waals surface area (Å²) in [4.78, 5) is 30.3. The molecule has 1 saturated heterocycles. The molecule has 40 heavy (non-hydrogen) atoms. The largest absolute Gasteiger partial charge is 0.478 e. The van der Waals surface area contributed by atoms with Crippen LogP contribution in [0.15, 0.2) is 79.0 Å². The van der Waals surface area contributed by atoms with Gasteiger partial charge in [0.15, 0.2) is 5.11 Å². The standard InChI is InChI=1S/C30H29N5O4S/c1-18-15-24(19(2)34(18)23-8-6-7-20(16-23)29(37)38)28-27(25-9-4-5-14-31-25)33-30(40)35(28)22-12-10-21(11-13-22)32-26(36)17-39-3/h4-16,27-28H,17H2,1-3H3,(H,32,36)(H,33,40)(H,37,38). The van der Waals surface area contributed by atoms with Crippen molar-refractivity contribution in [2.75, 3.05) is 23.9 Å². The molecule has 1 fully saturated rings. The van der Waals surface area contributed by atoms with E-state index in [1.807, 2.05) is 62.4 Å². The van der Waals surface area contributed by atoms with Gasteiger partial charge in [0.05, 0.1) is 23.3 Å². The van der Waals surface area contributed by atoms with Gasteiger partial charge in [-0.25, -0.2) is 4.79 Å². The summed E-state index contributed by atoms with van der Waals surface area (Å²) >= 11 is 5.86. The Balaban J connectivity index is 1.59. The number of amides is 1. The number of anilines is 2. The molecule has 0 radical (unpaired) electrons. The van der Waals surface area contributed by atoms with Gasteiger partial charge in [-0.15, -0.1) is 0 Å². The predicted molar refractivity (Wildman–Crippen MR) is 157 cm³/mol. The minimum Gasteiger partial charge on any atom is -0.478 e. The number of methoxy groups -OCH3 is 1. The minimum absolute atomic E-state index is 0.0271. The predicted octanol–water partition coefficient (Wildman–Crippen LogP) is 4.95. The van der Waals surface area contributed by atoms with Crippen molar-refractivity contribution < 1.29 is 19.4 Å². The maximum Gasteiger partial charge on any atom is 0.335 e. The number of aromatic nitrogens is 2. The van der Waals surface area contributed by atoms with Crippen LogP contribution in [0, 0.1) is 13.8 Å². The lowest BCUT2D eigenvalue weighted by atomic mass is 9.96. The van der Waals surface area contributed by atoms with Crippen LogP contribution in [0.4, 0.5) is 11.4 Å². The smallest absolute Gasteiger partial charge is 0.335 e. The van der Waals surface area contributed by atoms with E-state index in [-0.39, 0.29) is 30.2 Å². The van der Waals surface area contributed by atoms with Crippen molar-refractivity contribution in [3.05, 3.63) is 107 Å². The molecule has 4 aromatic rings. The second-order valence-corrected chi connectivity index (χ2v) is 9.93. The van der Waals surface area contributed by atoms with Gasteiger partial charge >= 0.3 is 5.97 Å². The molecule has 1 aliphatic rings. The Bertz CT molecular complexity index is 1570. The van der Waals surface area contributed by atoms with Crippen LogP contribution in [0.25, 0.3) is 5.69 Å². The Hall–Kier alpha value is -4.54. The molecular weight excluding hydrogens is 526 g/mol. The molecule has 9 nitrogen and oxygen atoms in total. The number of benzene rings is 2. The number of carboxylic acids is 1. The molecule has 2 unspecified atom stereocenters. The molecule has 0 aliphatic carbocycles. The molecule has 2 aromatic carbocycles. The highest BCUT2D eigenvalue weighted by molar-refractivity contribution is 7.80. The van der Waals surface area contributed by atoms with E-state index >= 15 is 0 Å². The Labute approximate surface area is 237 Å². The van der Waals surface area contributed by atoms with Gasteiger partial charge in [-0.1, -0.05) is 12.1 Å². The number of carbonyl (C=O) groups is 2. The summed E-state index contributed by atoms with van der Waals surface area (Å²) in [5.74, 6) is -1.21. The van der Waals surface area contributed by atoms with Crippen molar-refractivity contribution in [3.63, 3.8) is 0 Å². The summed E-state index contributed by atoms with van der Waals surface area (Å²) in [5, 5.41) is 16.4. The Morgan fingerprint density at radius 1 is 1.05 bits per heavy atom.